The van der Waals surface area contributed by atoms with Gasteiger partial charge in [-0.2, -0.15) is 0 Å². The Morgan fingerprint density at radius 1 is 1.14 bits per heavy atom. The maximum absolute atomic E-state index is 13.3. The fourth-order valence-electron chi connectivity index (χ4n) is 2.35. The molecule has 0 radical (unpaired) electrons. The van der Waals surface area contributed by atoms with Gasteiger partial charge in [0, 0.05) is 0 Å². The molecule has 4 aromatic rings. The molecule has 0 unspecified atom stereocenters. The van der Waals surface area contributed by atoms with Crippen molar-refractivity contribution in [3.63, 3.8) is 0 Å². The first-order valence-corrected chi connectivity index (χ1v) is 6.38. The van der Waals surface area contributed by atoms with Gasteiger partial charge in [0.1, 0.15) is 29.1 Å². The Morgan fingerprint density at radius 3 is 2.86 bits per heavy atom. The summed E-state index contributed by atoms with van der Waals surface area (Å²) in [5.74, 6) is -0.0623. The molecule has 2 aromatic heterocycles. The zero-order chi connectivity index (χ0) is 14.4. The van der Waals surface area contributed by atoms with Gasteiger partial charge in [-0.25, -0.2) is 9.37 Å². The predicted molar refractivity (Wildman–Crippen MR) is 77.5 cm³/mol. The molecule has 1 N–H and O–H groups in total. The van der Waals surface area contributed by atoms with Crippen LogP contribution in [0.4, 0.5) is 4.39 Å². The van der Waals surface area contributed by atoms with Crippen molar-refractivity contribution in [2.24, 2.45) is 0 Å². The van der Waals surface area contributed by atoms with E-state index >= 15 is 0 Å². The molecule has 21 heavy (non-hydrogen) atoms. The average Bonchev–Trinajstić information content (AvgIpc) is 2.92. The van der Waals surface area contributed by atoms with Gasteiger partial charge in [0.05, 0.1) is 16.4 Å². The second-order valence-electron chi connectivity index (χ2n) is 4.72. The van der Waals surface area contributed by atoms with Crippen molar-refractivity contribution in [1.82, 2.24) is 9.97 Å². The Morgan fingerprint density at radius 2 is 2.00 bits per heavy atom. The van der Waals surface area contributed by atoms with Crippen LogP contribution in [0.15, 0.2) is 57.9 Å². The Hall–Kier alpha value is -2.95. The summed E-state index contributed by atoms with van der Waals surface area (Å²) >= 11 is 0. The predicted octanol–water partition coefficient (Wildman–Crippen LogP) is 3.48. The van der Waals surface area contributed by atoms with Crippen LogP contribution in [0.5, 0.6) is 0 Å². The average molecular weight is 280 g/mol. The molecule has 0 saturated heterocycles. The highest BCUT2D eigenvalue weighted by Gasteiger charge is 2.13. The van der Waals surface area contributed by atoms with Gasteiger partial charge in [0.25, 0.3) is 0 Å². The number of imidazole rings is 1. The molecule has 102 valence electrons. The van der Waals surface area contributed by atoms with Crippen LogP contribution >= 0.6 is 0 Å². The van der Waals surface area contributed by atoms with Crippen molar-refractivity contribution in [3.05, 3.63) is 64.8 Å². The summed E-state index contributed by atoms with van der Waals surface area (Å²) in [6.45, 7) is 0. The number of fused-ring (bicyclic) bond motifs is 2. The van der Waals surface area contributed by atoms with Crippen LogP contribution in [0.25, 0.3) is 33.4 Å². The number of nitrogens with zero attached hydrogens (tertiary/aromatic N) is 1. The Bertz CT molecular complexity index is 1000. The first kappa shape index (κ1) is 11.8. The van der Waals surface area contributed by atoms with Crippen LogP contribution in [0, 0.1) is 5.82 Å². The zero-order valence-corrected chi connectivity index (χ0v) is 10.8. The first-order valence-electron chi connectivity index (χ1n) is 6.38. The molecule has 0 amide bonds. The van der Waals surface area contributed by atoms with Crippen molar-refractivity contribution in [3.8, 4) is 11.4 Å². The number of para-hydroxylation sites is 2. The van der Waals surface area contributed by atoms with Gasteiger partial charge < -0.3 is 9.40 Å². The van der Waals surface area contributed by atoms with E-state index in [-0.39, 0.29) is 16.4 Å². The number of halogens is 1. The molecule has 2 aromatic carbocycles. The Kier molecular flexibility index (Phi) is 2.41. The molecule has 0 atom stereocenters. The van der Waals surface area contributed by atoms with Crippen LogP contribution in [-0.2, 0) is 0 Å². The number of hydrogen-bond donors (Lipinski definition) is 1. The number of aromatic nitrogens is 2. The van der Waals surface area contributed by atoms with E-state index in [1.54, 1.807) is 0 Å². The minimum Gasteiger partial charge on any atom is -0.463 e. The fourth-order valence-corrected chi connectivity index (χ4v) is 2.35. The molecule has 5 heteroatoms. The third kappa shape index (κ3) is 1.82. The lowest BCUT2D eigenvalue weighted by Gasteiger charge is -1.99. The highest BCUT2D eigenvalue weighted by Crippen LogP contribution is 2.21. The molecule has 2 heterocycles. The maximum atomic E-state index is 13.3. The van der Waals surface area contributed by atoms with Gasteiger partial charge in [0.2, 0.25) is 5.43 Å². The molecule has 0 saturated carbocycles. The molecule has 0 aliphatic rings. The van der Waals surface area contributed by atoms with Gasteiger partial charge in [-0.05, 0) is 30.3 Å². The highest BCUT2D eigenvalue weighted by atomic mass is 19.1. The summed E-state index contributed by atoms with van der Waals surface area (Å²) in [6, 6.07) is 11.3. The smallest absolute Gasteiger partial charge is 0.203 e. The lowest BCUT2D eigenvalue weighted by atomic mass is 10.1. The number of aromatic amines is 1. The minimum absolute atomic E-state index is 0.202. The van der Waals surface area contributed by atoms with E-state index in [0.717, 1.165) is 11.0 Å². The third-order valence-electron chi connectivity index (χ3n) is 3.38. The van der Waals surface area contributed by atoms with Crippen molar-refractivity contribution >= 4 is 22.0 Å². The van der Waals surface area contributed by atoms with Gasteiger partial charge in [-0.15, -0.1) is 0 Å². The van der Waals surface area contributed by atoms with E-state index in [9.17, 15) is 9.18 Å². The number of nitrogens with one attached hydrogen (secondary N) is 1. The number of benzene rings is 2. The van der Waals surface area contributed by atoms with Gasteiger partial charge in [0.15, 0.2) is 0 Å². The lowest BCUT2D eigenvalue weighted by molar-refractivity contribution is 0.597. The monoisotopic (exact) mass is 280 g/mol. The quantitative estimate of drug-likeness (QED) is 0.580. The first-order chi connectivity index (χ1) is 10.2. The molecular weight excluding hydrogens is 271 g/mol. The minimum atomic E-state index is -0.475. The maximum Gasteiger partial charge on any atom is 0.203 e. The van der Waals surface area contributed by atoms with Crippen molar-refractivity contribution in [1.29, 1.82) is 0 Å². The number of hydrogen-bond acceptors (Lipinski definition) is 3. The molecule has 0 fully saturated rings. The largest absolute Gasteiger partial charge is 0.463 e. The topological polar surface area (TPSA) is 58.9 Å². The van der Waals surface area contributed by atoms with Gasteiger partial charge >= 0.3 is 0 Å². The van der Waals surface area contributed by atoms with Crippen molar-refractivity contribution in [2.75, 3.05) is 0 Å². The summed E-state index contributed by atoms with van der Waals surface area (Å²) in [7, 11) is 0. The van der Waals surface area contributed by atoms with Gasteiger partial charge in [-0.1, -0.05) is 12.1 Å². The van der Waals surface area contributed by atoms with Crippen LogP contribution < -0.4 is 5.43 Å². The zero-order valence-electron chi connectivity index (χ0n) is 10.8. The highest BCUT2D eigenvalue weighted by molar-refractivity contribution is 5.83. The standard InChI is InChI=1S/C16H9FN2O2/c17-9-5-6-14-10(7-9)15(20)11(8-21-14)16-18-12-3-1-2-4-13(12)19-16/h1-8H,(H,18,19). The van der Waals surface area contributed by atoms with E-state index in [1.165, 1.54) is 24.5 Å². The Balaban J connectivity index is 2.01. The molecule has 0 spiro atoms. The van der Waals surface area contributed by atoms with Crippen LogP contribution in [-0.4, -0.2) is 9.97 Å². The Labute approximate surface area is 117 Å². The second kappa shape index (κ2) is 4.28. The summed E-state index contributed by atoms with van der Waals surface area (Å²) in [6.07, 6.45) is 1.35. The van der Waals surface area contributed by atoms with E-state index in [0.29, 0.717) is 11.4 Å². The number of H-pyrrole nitrogens is 1. The summed E-state index contributed by atoms with van der Waals surface area (Å²) in [4.78, 5) is 19.9. The van der Waals surface area contributed by atoms with E-state index in [1.807, 2.05) is 24.3 Å². The van der Waals surface area contributed by atoms with E-state index < -0.39 is 5.82 Å². The van der Waals surface area contributed by atoms with E-state index in [2.05, 4.69) is 9.97 Å². The summed E-state index contributed by atoms with van der Waals surface area (Å²) in [5.41, 5.74) is 1.90. The SMILES string of the molecule is O=c1c(-c2nc3ccccc3[nH]2)coc2ccc(F)cc12. The van der Waals surface area contributed by atoms with E-state index in [4.69, 9.17) is 4.42 Å². The van der Waals surface area contributed by atoms with Crippen LogP contribution in [0.1, 0.15) is 0 Å². The molecular formula is C16H9FN2O2. The van der Waals surface area contributed by atoms with Crippen LogP contribution in [0.2, 0.25) is 0 Å². The molecule has 0 bridgehead atoms. The lowest BCUT2D eigenvalue weighted by Crippen LogP contribution is -2.05. The fraction of sp³-hybridized carbons (Fsp3) is 0. The summed E-state index contributed by atoms with van der Waals surface area (Å²) < 4.78 is 18.7. The molecule has 4 nitrogen and oxygen atoms in total. The van der Waals surface area contributed by atoms with Crippen molar-refractivity contribution in [2.45, 2.75) is 0 Å². The van der Waals surface area contributed by atoms with Crippen molar-refractivity contribution < 1.29 is 8.81 Å². The molecule has 4 rings (SSSR count). The van der Waals surface area contributed by atoms with Gasteiger partial charge in [-0.3, -0.25) is 4.79 Å². The second-order valence-corrected chi connectivity index (χ2v) is 4.72. The summed E-state index contributed by atoms with van der Waals surface area (Å²) in [5, 5.41) is 0.202. The number of rotatable bonds is 1. The normalized spacial score (nSPS) is 11.3. The third-order valence-corrected chi connectivity index (χ3v) is 3.38. The molecule has 0 aliphatic carbocycles. The van der Waals surface area contributed by atoms with Crippen LogP contribution in [0.3, 0.4) is 0 Å². The molecule has 0 aliphatic heterocycles.